The number of carboxylic acids is 1. The van der Waals surface area contributed by atoms with Crippen molar-refractivity contribution in [2.24, 2.45) is 0 Å². The molecule has 0 atom stereocenters. The molecule has 2 aromatic rings. The number of aryl methyl sites for hydroxylation is 1. The van der Waals surface area contributed by atoms with Crippen LogP contribution in [0.25, 0.3) is 4.91 Å². The number of rotatable bonds is 8. The second-order valence-corrected chi connectivity index (χ2v) is 6.99. The monoisotopic (exact) mass is 403 g/mol. The third kappa shape index (κ3) is 5.62. The third-order valence-electron chi connectivity index (χ3n) is 4.43. The minimum atomic E-state index is -0.815. The van der Waals surface area contributed by atoms with E-state index >= 15 is 0 Å². The van der Waals surface area contributed by atoms with Crippen LogP contribution >= 0.6 is 24.2 Å². The molecule has 0 bridgehead atoms. The summed E-state index contributed by atoms with van der Waals surface area (Å²) in [5.41, 5.74) is 4.30. The van der Waals surface area contributed by atoms with Gasteiger partial charge in [-0.15, -0.1) is 12.6 Å². The van der Waals surface area contributed by atoms with Crippen LogP contribution in [0.2, 0.25) is 0 Å². The first-order valence-electron chi connectivity index (χ1n) is 8.47. The lowest BCUT2D eigenvalue weighted by molar-refractivity contribution is -0.136. The van der Waals surface area contributed by atoms with E-state index in [0.717, 1.165) is 22.3 Å². The molecule has 6 heteroatoms. The Bertz CT molecular complexity index is 878. The molecule has 0 saturated heterocycles. The molecule has 0 aromatic heterocycles. The van der Waals surface area contributed by atoms with Gasteiger partial charge in [0.25, 0.3) is 0 Å². The number of nitrogens with one attached hydrogen (secondary N) is 1. The van der Waals surface area contributed by atoms with Gasteiger partial charge in [-0.05, 0) is 48.6 Å². The Morgan fingerprint density at radius 1 is 1.15 bits per heavy atom. The van der Waals surface area contributed by atoms with Crippen molar-refractivity contribution in [2.45, 2.75) is 26.7 Å². The predicted molar refractivity (Wildman–Crippen MR) is 113 cm³/mol. The van der Waals surface area contributed by atoms with Gasteiger partial charge in [0, 0.05) is 16.9 Å². The van der Waals surface area contributed by atoms with Crippen LogP contribution in [-0.4, -0.2) is 22.9 Å². The van der Waals surface area contributed by atoms with Gasteiger partial charge in [0.1, 0.15) is 17.5 Å². The quantitative estimate of drug-likeness (QED) is 0.416. The predicted octanol–water partition coefficient (Wildman–Crippen LogP) is 5.26. The van der Waals surface area contributed by atoms with E-state index in [-0.39, 0.29) is 18.2 Å². The summed E-state index contributed by atoms with van der Waals surface area (Å²) in [5.74, 6) is -0.138. The fourth-order valence-corrected chi connectivity index (χ4v) is 3.22. The molecule has 27 heavy (non-hydrogen) atoms. The molecule has 0 unspecified atom stereocenters. The number of carbonyl (C=O) groups is 1. The molecule has 2 rings (SSSR count). The summed E-state index contributed by atoms with van der Waals surface area (Å²) in [6, 6.07) is 13.2. The van der Waals surface area contributed by atoms with Crippen molar-refractivity contribution < 1.29 is 14.6 Å². The van der Waals surface area contributed by atoms with Crippen LogP contribution in [-0.2, 0) is 11.2 Å². The van der Waals surface area contributed by atoms with Crippen molar-refractivity contribution in [3.05, 3.63) is 70.3 Å². The highest BCUT2D eigenvalue weighted by molar-refractivity contribution is 7.90. The number of carboxylic acid groups (broad SMARTS) is 1. The van der Waals surface area contributed by atoms with Crippen molar-refractivity contribution in [1.29, 1.82) is 5.41 Å². The standard InChI is InChI=1S/C21H22ClNO3S/c1-13-14(2)18(10-8-15(13)9-11-19(24)25)26-12-17(21(22)23)20(27)16-6-4-3-5-7-16/h3-8,10,23,27H,9,11-12H2,1-2H3,(H,24,25)/b20-17-,23-21?. The second kappa shape index (κ2) is 9.62. The zero-order valence-corrected chi connectivity index (χ0v) is 16.9. The minimum Gasteiger partial charge on any atom is -0.488 e. The Balaban J connectivity index is 2.22. The number of thiol groups is 1. The summed E-state index contributed by atoms with van der Waals surface area (Å²) in [7, 11) is 0. The number of ether oxygens (including phenoxy) is 1. The van der Waals surface area contributed by atoms with E-state index in [2.05, 4.69) is 12.6 Å². The van der Waals surface area contributed by atoms with Crippen molar-refractivity contribution in [2.75, 3.05) is 6.61 Å². The van der Waals surface area contributed by atoms with Gasteiger partial charge in [0.05, 0.1) is 0 Å². The molecule has 0 amide bonds. The first-order valence-corrected chi connectivity index (χ1v) is 9.29. The molecular formula is C21H22ClNO3S. The minimum absolute atomic E-state index is 0.0941. The topological polar surface area (TPSA) is 70.4 Å². The highest BCUT2D eigenvalue weighted by Crippen LogP contribution is 2.28. The third-order valence-corrected chi connectivity index (χ3v) is 5.18. The lowest BCUT2D eigenvalue weighted by Crippen LogP contribution is -2.09. The molecule has 2 aromatic carbocycles. The summed E-state index contributed by atoms with van der Waals surface area (Å²) in [4.78, 5) is 11.4. The Morgan fingerprint density at radius 3 is 2.41 bits per heavy atom. The van der Waals surface area contributed by atoms with Gasteiger partial charge in [0.2, 0.25) is 0 Å². The van der Waals surface area contributed by atoms with Crippen LogP contribution in [0, 0.1) is 19.3 Å². The fourth-order valence-electron chi connectivity index (χ4n) is 2.68. The molecule has 0 radical (unpaired) electrons. The maximum absolute atomic E-state index is 10.8. The van der Waals surface area contributed by atoms with Gasteiger partial charge in [-0.1, -0.05) is 48.0 Å². The average Bonchev–Trinajstić information content (AvgIpc) is 2.64. The summed E-state index contributed by atoms with van der Waals surface area (Å²) < 4.78 is 5.92. The van der Waals surface area contributed by atoms with Crippen LogP contribution in [0.3, 0.4) is 0 Å². The lowest BCUT2D eigenvalue weighted by Gasteiger charge is -2.16. The largest absolute Gasteiger partial charge is 0.488 e. The zero-order valence-electron chi connectivity index (χ0n) is 15.3. The summed E-state index contributed by atoms with van der Waals surface area (Å²) in [6.45, 7) is 4.00. The number of aliphatic carboxylic acids is 1. The Labute approximate surface area is 169 Å². The van der Waals surface area contributed by atoms with E-state index in [1.54, 1.807) is 0 Å². The average molecular weight is 404 g/mol. The molecule has 0 heterocycles. The van der Waals surface area contributed by atoms with E-state index < -0.39 is 5.97 Å². The lowest BCUT2D eigenvalue weighted by atomic mass is 9.99. The number of hydrogen-bond acceptors (Lipinski definition) is 4. The normalized spacial score (nSPS) is 11.7. The van der Waals surface area contributed by atoms with Crippen molar-refractivity contribution in [3.8, 4) is 5.75 Å². The van der Waals surface area contributed by atoms with Crippen molar-refractivity contribution in [3.63, 3.8) is 0 Å². The Kier molecular flexibility index (Phi) is 7.51. The molecule has 0 saturated carbocycles. The Morgan fingerprint density at radius 2 is 1.81 bits per heavy atom. The van der Waals surface area contributed by atoms with Crippen LogP contribution in [0.1, 0.15) is 28.7 Å². The molecule has 0 spiro atoms. The second-order valence-electron chi connectivity index (χ2n) is 6.16. The maximum atomic E-state index is 10.8. The van der Waals surface area contributed by atoms with Crippen LogP contribution in [0.5, 0.6) is 5.75 Å². The zero-order chi connectivity index (χ0) is 20.0. The molecule has 2 N–H and O–H groups in total. The smallest absolute Gasteiger partial charge is 0.303 e. The first-order chi connectivity index (χ1) is 12.8. The van der Waals surface area contributed by atoms with Gasteiger partial charge >= 0.3 is 5.97 Å². The van der Waals surface area contributed by atoms with Gasteiger partial charge in [-0.2, -0.15) is 0 Å². The van der Waals surface area contributed by atoms with E-state index in [1.165, 1.54) is 0 Å². The maximum Gasteiger partial charge on any atom is 0.303 e. The highest BCUT2D eigenvalue weighted by atomic mass is 35.5. The van der Waals surface area contributed by atoms with E-state index in [0.29, 0.717) is 22.6 Å². The van der Waals surface area contributed by atoms with Gasteiger partial charge in [-0.3, -0.25) is 10.2 Å². The number of benzene rings is 2. The van der Waals surface area contributed by atoms with Crippen molar-refractivity contribution in [1.82, 2.24) is 0 Å². The van der Waals surface area contributed by atoms with Gasteiger partial charge < -0.3 is 9.84 Å². The molecule has 0 aliphatic carbocycles. The fraction of sp³-hybridized carbons (Fsp3) is 0.238. The van der Waals surface area contributed by atoms with Crippen LogP contribution < -0.4 is 4.74 Å². The molecule has 0 aliphatic heterocycles. The molecule has 0 aliphatic rings. The van der Waals surface area contributed by atoms with Crippen LogP contribution in [0.4, 0.5) is 0 Å². The van der Waals surface area contributed by atoms with Gasteiger partial charge in [-0.25, -0.2) is 0 Å². The number of hydrogen-bond donors (Lipinski definition) is 3. The summed E-state index contributed by atoms with van der Waals surface area (Å²) >= 11 is 10.5. The van der Waals surface area contributed by atoms with Crippen molar-refractivity contribution >= 4 is 40.3 Å². The molecule has 4 nitrogen and oxygen atoms in total. The van der Waals surface area contributed by atoms with E-state index in [9.17, 15) is 4.79 Å². The first kappa shape index (κ1) is 21.1. The van der Waals surface area contributed by atoms with Crippen LogP contribution in [0.15, 0.2) is 48.0 Å². The van der Waals surface area contributed by atoms with E-state index in [1.807, 2.05) is 56.3 Å². The molecule has 0 fully saturated rings. The molecule has 142 valence electrons. The SMILES string of the molecule is Cc1c(CCC(=O)O)ccc(OC/C(C(=N)Cl)=C(/S)c2ccccc2)c1C. The highest BCUT2D eigenvalue weighted by Gasteiger charge is 2.13. The van der Waals surface area contributed by atoms with Gasteiger partial charge in [0.15, 0.2) is 0 Å². The number of halogens is 1. The molecular weight excluding hydrogens is 382 g/mol. The Hall–Kier alpha value is -2.24. The summed E-state index contributed by atoms with van der Waals surface area (Å²) in [5, 5.41) is 16.6. The van der Waals surface area contributed by atoms with E-state index in [4.69, 9.17) is 26.9 Å². The summed E-state index contributed by atoms with van der Waals surface area (Å²) in [6.07, 6.45) is 0.575.